The van der Waals surface area contributed by atoms with Crippen molar-refractivity contribution in [2.75, 3.05) is 0 Å². The Morgan fingerprint density at radius 1 is 0.622 bits per heavy atom. The highest BCUT2D eigenvalue weighted by molar-refractivity contribution is 5.66. The highest BCUT2D eigenvalue weighted by Crippen LogP contribution is 2.36. The van der Waals surface area contributed by atoms with Gasteiger partial charge in [-0.1, -0.05) is 43.7 Å². The summed E-state index contributed by atoms with van der Waals surface area (Å²) in [5.74, 6) is -8.47. The Morgan fingerprint density at radius 3 is 1.84 bits per heavy atom. The van der Waals surface area contributed by atoms with Gasteiger partial charge in [-0.15, -0.1) is 0 Å². The normalized spacial score (nSPS) is 11.6. The average Bonchev–Trinajstić information content (AvgIpc) is 2.85. The molecule has 0 N–H and O–H groups in total. The Labute approximate surface area is 207 Å². The molecule has 0 bridgehead atoms. The molecule has 9 heteroatoms. The van der Waals surface area contributed by atoms with Gasteiger partial charge in [0.25, 0.3) is 0 Å². The second-order valence-electron chi connectivity index (χ2n) is 8.24. The zero-order valence-electron chi connectivity index (χ0n) is 19.2. The van der Waals surface area contributed by atoms with E-state index in [0.29, 0.717) is 31.0 Å². The Kier molecular flexibility index (Phi) is 7.25. The van der Waals surface area contributed by atoms with Gasteiger partial charge in [-0.2, -0.15) is 8.78 Å². The van der Waals surface area contributed by atoms with Gasteiger partial charge in [-0.3, -0.25) is 0 Å². The van der Waals surface area contributed by atoms with Crippen LogP contribution in [0.25, 0.3) is 22.3 Å². The minimum Gasteiger partial charge on any atom is -0.429 e. The third-order valence-electron chi connectivity index (χ3n) is 5.69. The largest absolute Gasteiger partial charge is 0.429 e. The highest BCUT2D eigenvalue weighted by atomic mass is 19.3. The van der Waals surface area contributed by atoms with Gasteiger partial charge in [0.1, 0.15) is 11.6 Å². The van der Waals surface area contributed by atoms with E-state index in [0.717, 1.165) is 24.3 Å². The number of hydrogen-bond donors (Lipinski definition) is 0. The van der Waals surface area contributed by atoms with Crippen LogP contribution in [0, 0.1) is 34.9 Å². The number of hydrogen-bond acceptors (Lipinski definition) is 1. The first-order valence-electron chi connectivity index (χ1n) is 11.1. The Morgan fingerprint density at radius 2 is 1.24 bits per heavy atom. The quantitative estimate of drug-likeness (QED) is 0.174. The average molecular weight is 522 g/mol. The van der Waals surface area contributed by atoms with Crippen molar-refractivity contribution in [3.63, 3.8) is 0 Å². The monoisotopic (exact) mass is 522 g/mol. The molecule has 4 aromatic rings. The SMILES string of the molecule is CCCc1ccc(-c2ccc(OC(F)(F)c3ccc(-c4cc(F)c(F)c(F)c4)c(F)c3)cc2)c(F)c1F. The van der Waals surface area contributed by atoms with Gasteiger partial charge in [-0.25, -0.2) is 26.3 Å². The Hall–Kier alpha value is -3.88. The number of rotatable bonds is 7. The van der Waals surface area contributed by atoms with E-state index in [1.165, 1.54) is 24.3 Å². The van der Waals surface area contributed by atoms with Crippen LogP contribution in [0.15, 0.2) is 66.7 Å². The van der Waals surface area contributed by atoms with Crippen LogP contribution < -0.4 is 4.74 Å². The van der Waals surface area contributed by atoms with Gasteiger partial charge >= 0.3 is 6.11 Å². The number of alkyl halides is 2. The summed E-state index contributed by atoms with van der Waals surface area (Å²) < 4.78 is 118. The molecule has 0 heterocycles. The second-order valence-corrected chi connectivity index (χ2v) is 8.24. The molecule has 0 fully saturated rings. The fraction of sp³-hybridized carbons (Fsp3) is 0.143. The first-order chi connectivity index (χ1) is 17.5. The van der Waals surface area contributed by atoms with Crippen molar-refractivity contribution >= 4 is 0 Å². The van der Waals surface area contributed by atoms with Crippen molar-refractivity contribution in [1.29, 1.82) is 0 Å². The second kappa shape index (κ2) is 10.2. The molecule has 0 atom stereocenters. The zero-order chi connectivity index (χ0) is 26.9. The van der Waals surface area contributed by atoms with Gasteiger partial charge in [0.2, 0.25) is 0 Å². The van der Waals surface area contributed by atoms with E-state index in [4.69, 9.17) is 4.74 Å². The molecular formula is C28H18F8O. The fourth-order valence-electron chi connectivity index (χ4n) is 3.83. The van der Waals surface area contributed by atoms with Crippen LogP contribution in [0.4, 0.5) is 35.1 Å². The first-order valence-corrected chi connectivity index (χ1v) is 11.1. The van der Waals surface area contributed by atoms with Crippen LogP contribution in [0.3, 0.4) is 0 Å². The van der Waals surface area contributed by atoms with E-state index in [1.54, 1.807) is 0 Å². The van der Waals surface area contributed by atoms with Crippen LogP contribution in [-0.2, 0) is 12.5 Å². The Balaban J connectivity index is 1.56. The van der Waals surface area contributed by atoms with Crippen LogP contribution in [0.2, 0.25) is 0 Å². The summed E-state index contributed by atoms with van der Waals surface area (Å²) in [4.78, 5) is 0. The molecule has 0 amide bonds. The number of halogens is 8. The minimum atomic E-state index is -4.03. The lowest BCUT2D eigenvalue weighted by atomic mass is 10.0. The molecule has 37 heavy (non-hydrogen) atoms. The number of ether oxygens (including phenoxy) is 1. The maximum Gasteiger partial charge on any atom is 0.426 e. The Bertz CT molecular complexity index is 1420. The predicted molar refractivity (Wildman–Crippen MR) is 122 cm³/mol. The minimum absolute atomic E-state index is 0.0537. The molecule has 0 aliphatic heterocycles. The third kappa shape index (κ3) is 5.30. The topological polar surface area (TPSA) is 9.23 Å². The lowest BCUT2D eigenvalue weighted by Gasteiger charge is -2.19. The molecule has 0 radical (unpaired) electrons. The smallest absolute Gasteiger partial charge is 0.426 e. The highest BCUT2D eigenvalue weighted by Gasteiger charge is 2.35. The van der Waals surface area contributed by atoms with Gasteiger partial charge in [0, 0.05) is 11.1 Å². The van der Waals surface area contributed by atoms with Gasteiger partial charge in [-0.05, 0) is 59.5 Å². The predicted octanol–water partition coefficient (Wildman–Crippen LogP) is 8.94. The molecule has 0 saturated heterocycles. The maximum atomic E-state index is 14.7. The van der Waals surface area contributed by atoms with Gasteiger partial charge < -0.3 is 4.74 Å². The summed E-state index contributed by atoms with van der Waals surface area (Å²) >= 11 is 0. The van der Waals surface area contributed by atoms with Crippen molar-refractivity contribution < 1.29 is 39.9 Å². The molecule has 0 aromatic heterocycles. The van der Waals surface area contributed by atoms with Crippen molar-refractivity contribution in [3.05, 3.63) is 113 Å². The van der Waals surface area contributed by atoms with Crippen LogP contribution in [0.1, 0.15) is 24.5 Å². The third-order valence-corrected chi connectivity index (χ3v) is 5.69. The molecule has 1 nitrogen and oxygen atoms in total. The summed E-state index contributed by atoms with van der Waals surface area (Å²) in [6.07, 6.45) is -3.03. The van der Waals surface area contributed by atoms with E-state index >= 15 is 0 Å². The van der Waals surface area contributed by atoms with Gasteiger partial charge in [0.05, 0.1) is 5.56 Å². The fourth-order valence-corrected chi connectivity index (χ4v) is 3.83. The maximum absolute atomic E-state index is 14.7. The molecule has 192 valence electrons. The summed E-state index contributed by atoms with van der Waals surface area (Å²) in [5.41, 5.74) is -1.31. The van der Waals surface area contributed by atoms with E-state index in [-0.39, 0.29) is 28.0 Å². The summed E-state index contributed by atoms with van der Waals surface area (Å²) in [6, 6.07) is 10.8. The van der Waals surface area contributed by atoms with Crippen LogP contribution >= 0.6 is 0 Å². The van der Waals surface area contributed by atoms with Crippen LogP contribution in [-0.4, -0.2) is 0 Å². The lowest BCUT2D eigenvalue weighted by Crippen LogP contribution is -2.22. The zero-order valence-corrected chi connectivity index (χ0v) is 19.2. The summed E-state index contributed by atoms with van der Waals surface area (Å²) in [7, 11) is 0. The molecule has 4 rings (SSSR count). The number of aryl methyl sites for hydroxylation is 1. The van der Waals surface area contributed by atoms with E-state index in [1.807, 2.05) is 6.92 Å². The van der Waals surface area contributed by atoms with Crippen molar-refractivity contribution in [1.82, 2.24) is 0 Å². The van der Waals surface area contributed by atoms with Crippen molar-refractivity contribution in [2.24, 2.45) is 0 Å². The van der Waals surface area contributed by atoms with E-state index in [2.05, 4.69) is 0 Å². The summed E-state index contributed by atoms with van der Waals surface area (Å²) in [5, 5.41) is 0. The molecule has 4 aromatic carbocycles. The molecular weight excluding hydrogens is 504 g/mol. The van der Waals surface area contributed by atoms with Crippen molar-refractivity contribution in [2.45, 2.75) is 25.9 Å². The standard InChI is InChI=1S/C28H18F8O/c1-2-3-16-6-10-21(26(33)25(16)32)15-4-8-19(9-5-15)37-28(35,36)18-7-11-20(22(29)14-18)17-12-23(30)27(34)24(31)13-17/h4-14H,2-3H2,1H3. The molecule has 0 unspecified atom stereocenters. The summed E-state index contributed by atoms with van der Waals surface area (Å²) in [6.45, 7) is 1.83. The lowest BCUT2D eigenvalue weighted by molar-refractivity contribution is -0.185. The van der Waals surface area contributed by atoms with Crippen LogP contribution in [0.5, 0.6) is 5.75 Å². The van der Waals surface area contributed by atoms with Crippen molar-refractivity contribution in [3.8, 4) is 28.0 Å². The van der Waals surface area contributed by atoms with E-state index in [9.17, 15) is 35.1 Å². The van der Waals surface area contributed by atoms with Gasteiger partial charge in [0.15, 0.2) is 29.1 Å². The molecule has 0 saturated carbocycles. The molecule has 0 aliphatic carbocycles. The molecule has 0 aliphatic rings. The first kappa shape index (κ1) is 26.2. The van der Waals surface area contributed by atoms with E-state index < -0.39 is 52.1 Å². The molecule has 0 spiro atoms. The number of benzene rings is 4.